The monoisotopic (exact) mass is 361 g/mol. The van der Waals surface area contributed by atoms with E-state index in [1.54, 1.807) is 0 Å². The first-order valence-electron chi connectivity index (χ1n) is 7.31. The fourth-order valence-corrected chi connectivity index (χ4v) is 1.74. The van der Waals surface area contributed by atoms with Gasteiger partial charge in [-0.2, -0.15) is 36.4 Å². The van der Waals surface area contributed by atoms with Crippen LogP contribution in [0.25, 0.3) is 5.73 Å². The first-order chi connectivity index (χ1) is 9.72. The molecule has 0 spiro atoms. The smallest absolute Gasteiger partial charge is 0.668 e. The summed E-state index contributed by atoms with van der Waals surface area (Å²) in [7, 11) is 0. The molecule has 0 aliphatic heterocycles. The maximum atomic E-state index is 10.6. The molecule has 21 heavy (non-hydrogen) atoms. The van der Waals surface area contributed by atoms with Gasteiger partial charge in [0.15, 0.2) is 0 Å². The Morgan fingerprint density at radius 2 is 1.24 bits per heavy atom. The summed E-state index contributed by atoms with van der Waals surface area (Å²) in [6, 6.07) is 20.0. The molecule has 0 radical (unpaired) electrons. The van der Waals surface area contributed by atoms with Gasteiger partial charge in [-0.1, -0.05) is 26.7 Å². The Morgan fingerprint density at radius 1 is 0.905 bits per heavy atom. The minimum atomic E-state index is -0.385. The van der Waals surface area contributed by atoms with Gasteiger partial charge in [-0.15, -0.1) is 0 Å². The average Bonchev–Trinajstić information content (AvgIpc) is 3.16. The molecule has 112 valence electrons. The van der Waals surface area contributed by atoms with Gasteiger partial charge in [-0.05, 0) is 12.8 Å². The van der Waals surface area contributed by atoms with Gasteiger partial charge in [0.1, 0.15) is 0 Å². The number of hydrogen-bond acceptors (Lipinski definition) is 1. The number of carbonyl (C=O) groups is 1. The molecule has 1 N–H and O–H groups in total. The number of carbonyl (C=O) groups excluding carboxylic acids is 1. The SMILES string of the molecule is CCCC(CCC)C([NH-])=O.[Y+3].c1cc[cH-]c1.c1cc[cH-]c1. The van der Waals surface area contributed by atoms with Crippen molar-refractivity contribution in [3.05, 3.63) is 66.4 Å². The fraction of sp³-hybridized carbons (Fsp3) is 0.389. The zero-order chi connectivity index (χ0) is 15.1. The van der Waals surface area contributed by atoms with Gasteiger partial charge < -0.3 is 10.5 Å². The molecule has 2 nitrogen and oxygen atoms in total. The molecule has 2 aromatic rings. The molecular formula is C18H26NOY. The molecule has 0 aliphatic rings. The third-order valence-corrected chi connectivity index (χ3v) is 2.76. The van der Waals surface area contributed by atoms with Crippen LogP contribution in [0.15, 0.2) is 60.7 Å². The third-order valence-electron chi connectivity index (χ3n) is 2.76. The Bertz CT molecular complexity index is 315. The summed E-state index contributed by atoms with van der Waals surface area (Å²) in [5.74, 6) is -0.376. The van der Waals surface area contributed by atoms with Crippen LogP contribution in [-0.4, -0.2) is 5.91 Å². The quantitative estimate of drug-likeness (QED) is 0.640. The molecule has 0 atom stereocenters. The number of hydrogen-bond donors (Lipinski definition) is 0. The van der Waals surface area contributed by atoms with Gasteiger partial charge in [-0.3, -0.25) is 0 Å². The van der Waals surface area contributed by atoms with E-state index in [1.807, 2.05) is 74.5 Å². The number of rotatable bonds is 5. The molecule has 0 fully saturated rings. The van der Waals surface area contributed by atoms with E-state index in [1.165, 1.54) is 0 Å². The minimum Gasteiger partial charge on any atom is -0.668 e. The van der Waals surface area contributed by atoms with Gasteiger partial charge in [0.25, 0.3) is 0 Å². The van der Waals surface area contributed by atoms with E-state index in [4.69, 9.17) is 5.73 Å². The molecular weight excluding hydrogens is 335 g/mol. The zero-order valence-corrected chi connectivity index (χ0v) is 16.0. The maximum Gasteiger partial charge on any atom is 3.00 e. The van der Waals surface area contributed by atoms with Crippen molar-refractivity contribution in [3.63, 3.8) is 0 Å². The normalized spacial score (nSPS) is 8.71. The van der Waals surface area contributed by atoms with E-state index in [0.717, 1.165) is 25.7 Å². The van der Waals surface area contributed by atoms with Crippen LogP contribution in [0.2, 0.25) is 0 Å². The summed E-state index contributed by atoms with van der Waals surface area (Å²) >= 11 is 0. The Balaban J connectivity index is 0. The van der Waals surface area contributed by atoms with Crippen LogP contribution in [0.4, 0.5) is 0 Å². The van der Waals surface area contributed by atoms with E-state index < -0.39 is 0 Å². The first-order valence-corrected chi connectivity index (χ1v) is 7.31. The Hall–Kier alpha value is -0.726. The first kappa shape index (κ1) is 22.6. The molecule has 0 aliphatic carbocycles. The molecule has 0 aromatic heterocycles. The summed E-state index contributed by atoms with van der Waals surface area (Å²) in [4.78, 5) is 10.6. The molecule has 0 bridgehead atoms. The van der Waals surface area contributed by atoms with Crippen molar-refractivity contribution in [3.8, 4) is 0 Å². The van der Waals surface area contributed by atoms with Gasteiger partial charge >= 0.3 is 32.7 Å². The predicted octanol–water partition coefficient (Wildman–Crippen LogP) is 5.59. The van der Waals surface area contributed by atoms with Crippen molar-refractivity contribution in [2.24, 2.45) is 5.92 Å². The van der Waals surface area contributed by atoms with Crippen LogP contribution in [-0.2, 0) is 37.5 Å². The van der Waals surface area contributed by atoms with Crippen LogP contribution < -0.4 is 0 Å². The molecule has 0 saturated carbocycles. The van der Waals surface area contributed by atoms with E-state index in [-0.39, 0.29) is 44.5 Å². The molecule has 2 rings (SSSR count). The number of nitrogens with one attached hydrogen (secondary N) is 1. The average molecular weight is 361 g/mol. The van der Waals surface area contributed by atoms with E-state index in [0.29, 0.717) is 0 Å². The van der Waals surface area contributed by atoms with Crippen molar-refractivity contribution in [2.45, 2.75) is 39.5 Å². The van der Waals surface area contributed by atoms with Crippen LogP contribution in [0, 0.1) is 5.92 Å². The zero-order valence-electron chi connectivity index (χ0n) is 13.2. The van der Waals surface area contributed by atoms with Crippen molar-refractivity contribution < 1.29 is 37.5 Å². The fourth-order valence-electron chi connectivity index (χ4n) is 1.74. The summed E-state index contributed by atoms with van der Waals surface area (Å²) in [5.41, 5.74) is 6.90. The second-order valence-electron chi connectivity index (χ2n) is 4.56. The molecule has 3 heteroatoms. The Kier molecular flexibility index (Phi) is 18.6. The van der Waals surface area contributed by atoms with Crippen molar-refractivity contribution in [1.29, 1.82) is 0 Å². The van der Waals surface area contributed by atoms with Crippen molar-refractivity contribution in [2.75, 3.05) is 0 Å². The van der Waals surface area contributed by atoms with Crippen molar-refractivity contribution >= 4 is 5.91 Å². The van der Waals surface area contributed by atoms with Crippen LogP contribution in [0.3, 0.4) is 0 Å². The molecule has 2 aromatic carbocycles. The molecule has 1 amide bonds. The second-order valence-corrected chi connectivity index (χ2v) is 4.56. The molecule has 0 heterocycles. The van der Waals surface area contributed by atoms with Gasteiger partial charge in [0, 0.05) is 5.92 Å². The summed E-state index contributed by atoms with van der Waals surface area (Å²) in [6.07, 6.45) is 3.79. The van der Waals surface area contributed by atoms with Gasteiger partial charge in [0.2, 0.25) is 0 Å². The molecule has 0 unspecified atom stereocenters. The Labute approximate surface area is 154 Å². The van der Waals surface area contributed by atoms with Crippen LogP contribution in [0.1, 0.15) is 39.5 Å². The summed E-state index contributed by atoms with van der Waals surface area (Å²) < 4.78 is 0. The van der Waals surface area contributed by atoms with E-state index in [9.17, 15) is 4.79 Å². The van der Waals surface area contributed by atoms with Gasteiger partial charge in [0.05, 0.1) is 5.91 Å². The van der Waals surface area contributed by atoms with Crippen LogP contribution in [0.5, 0.6) is 0 Å². The van der Waals surface area contributed by atoms with Gasteiger partial charge in [-0.25, -0.2) is 24.3 Å². The van der Waals surface area contributed by atoms with E-state index >= 15 is 0 Å². The van der Waals surface area contributed by atoms with E-state index in [2.05, 4.69) is 0 Å². The number of amides is 1. The topological polar surface area (TPSA) is 40.9 Å². The largest absolute Gasteiger partial charge is 3.00 e. The Morgan fingerprint density at radius 3 is 1.38 bits per heavy atom. The predicted molar refractivity (Wildman–Crippen MR) is 86.7 cm³/mol. The minimum absolute atomic E-state index is 0. The maximum absolute atomic E-state index is 10.6. The molecule has 0 saturated heterocycles. The summed E-state index contributed by atoms with van der Waals surface area (Å²) in [5, 5.41) is 0. The van der Waals surface area contributed by atoms with Crippen LogP contribution >= 0.6 is 0 Å². The third kappa shape index (κ3) is 15.5. The second kappa shape index (κ2) is 17.3. The standard InChI is InChI=1S/C8H17NO.2C5H5.Y/c1-3-5-7(6-4-2)8(9)10;2*1-2-4-5-3-1;/h7H,3-6H2,1-2H3,(H2,9,10);2*1-5H;/q;2*-1;+3/p-1. The van der Waals surface area contributed by atoms with Crippen molar-refractivity contribution in [1.82, 2.24) is 0 Å². The summed E-state index contributed by atoms with van der Waals surface area (Å²) in [6.45, 7) is 4.09.